The molecule has 4 nitrogen and oxygen atoms in total. The molecule has 0 unspecified atom stereocenters. The molecule has 0 bridgehead atoms. The summed E-state index contributed by atoms with van der Waals surface area (Å²) < 4.78 is 3.00. The van der Waals surface area contributed by atoms with E-state index in [1.54, 1.807) is 6.33 Å². The quantitative estimate of drug-likeness (QED) is 0.782. The van der Waals surface area contributed by atoms with Gasteiger partial charge in [0.2, 0.25) is 0 Å². The van der Waals surface area contributed by atoms with Crippen molar-refractivity contribution >= 4 is 21.6 Å². The topological polar surface area (TPSA) is 42.7 Å². The Kier molecular flexibility index (Phi) is 4.01. The zero-order chi connectivity index (χ0) is 14.7. The fourth-order valence-electron chi connectivity index (χ4n) is 2.13. The summed E-state index contributed by atoms with van der Waals surface area (Å²) in [6, 6.07) is 16.5. The van der Waals surface area contributed by atoms with Crippen LogP contribution in [0, 0.1) is 0 Å². The summed E-state index contributed by atoms with van der Waals surface area (Å²) in [5, 5.41) is 11.4. The largest absolute Gasteiger partial charge is 0.381 e. The lowest BCUT2D eigenvalue weighted by atomic mass is 10.2. The molecule has 0 aliphatic carbocycles. The summed E-state index contributed by atoms with van der Waals surface area (Å²) >= 11 is 3.48. The lowest BCUT2D eigenvalue weighted by Crippen LogP contribution is -1.99. The van der Waals surface area contributed by atoms with Gasteiger partial charge in [0, 0.05) is 29.3 Å². The SMILES string of the molecule is Cn1cnnc1-c1ccc(NCc2cccc(Br)c2)cc1. The third kappa shape index (κ3) is 3.31. The number of aromatic nitrogens is 3. The molecular formula is C16H15BrN4. The summed E-state index contributed by atoms with van der Waals surface area (Å²) in [4.78, 5) is 0. The minimum atomic E-state index is 0.794. The van der Waals surface area contributed by atoms with E-state index < -0.39 is 0 Å². The predicted octanol–water partition coefficient (Wildman–Crippen LogP) is 3.86. The van der Waals surface area contributed by atoms with Crippen molar-refractivity contribution in [3.8, 4) is 11.4 Å². The van der Waals surface area contributed by atoms with E-state index in [-0.39, 0.29) is 0 Å². The number of rotatable bonds is 4. The molecule has 5 heteroatoms. The molecule has 3 rings (SSSR count). The van der Waals surface area contributed by atoms with Gasteiger partial charge in [-0.15, -0.1) is 10.2 Å². The zero-order valence-electron chi connectivity index (χ0n) is 11.6. The molecule has 1 heterocycles. The molecule has 1 aromatic heterocycles. The van der Waals surface area contributed by atoms with Crippen molar-refractivity contribution in [3.05, 3.63) is 64.9 Å². The molecule has 2 aromatic carbocycles. The van der Waals surface area contributed by atoms with Gasteiger partial charge >= 0.3 is 0 Å². The van der Waals surface area contributed by atoms with Crippen molar-refractivity contribution in [3.63, 3.8) is 0 Å². The van der Waals surface area contributed by atoms with Crippen LogP contribution >= 0.6 is 15.9 Å². The minimum Gasteiger partial charge on any atom is -0.381 e. The maximum absolute atomic E-state index is 4.11. The van der Waals surface area contributed by atoms with Gasteiger partial charge in [0.05, 0.1) is 0 Å². The fraction of sp³-hybridized carbons (Fsp3) is 0.125. The van der Waals surface area contributed by atoms with Crippen molar-refractivity contribution in [2.45, 2.75) is 6.54 Å². The first kappa shape index (κ1) is 13.8. The summed E-state index contributed by atoms with van der Waals surface area (Å²) in [5.74, 6) is 0.869. The number of hydrogen-bond acceptors (Lipinski definition) is 3. The van der Waals surface area contributed by atoms with E-state index in [0.29, 0.717) is 0 Å². The average molecular weight is 343 g/mol. The molecule has 0 fully saturated rings. The summed E-state index contributed by atoms with van der Waals surface area (Å²) in [6.45, 7) is 0.794. The zero-order valence-corrected chi connectivity index (χ0v) is 13.2. The van der Waals surface area contributed by atoms with E-state index in [2.05, 4.69) is 55.7 Å². The van der Waals surface area contributed by atoms with E-state index in [0.717, 1.165) is 28.1 Å². The van der Waals surface area contributed by atoms with E-state index >= 15 is 0 Å². The number of anilines is 1. The Morgan fingerprint density at radius 1 is 1.14 bits per heavy atom. The normalized spacial score (nSPS) is 10.6. The number of nitrogens with zero attached hydrogens (tertiary/aromatic N) is 3. The van der Waals surface area contributed by atoms with Crippen LogP contribution < -0.4 is 5.32 Å². The van der Waals surface area contributed by atoms with Crippen LogP contribution in [0.4, 0.5) is 5.69 Å². The first-order chi connectivity index (χ1) is 10.2. The lowest BCUT2D eigenvalue weighted by molar-refractivity contribution is 0.920. The van der Waals surface area contributed by atoms with Crippen LogP contribution in [0.15, 0.2) is 59.3 Å². The molecule has 0 aliphatic rings. The highest BCUT2D eigenvalue weighted by Crippen LogP contribution is 2.19. The Balaban J connectivity index is 1.69. The van der Waals surface area contributed by atoms with E-state index in [9.17, 15) is 0 Å². The van der Waals surface area contributed by atoms with Gasteiger partial charge in [-0.05, 0) is 42.0 Å². The molecule has 0 radical (unpaired) electrons. The second kappa shape index (κ2) is 6.10. The Morgan fingerprint density at radius 3 is 2.62 bits per heavy atom. The van der Waals surface area contributed by atoms with Crippen LogP contribution in [0.5, 0.6) is 0 Å². The van der Waals surface area contributed by atoms with Crippen LogP contribution in [0.2, 0.25) is 0 Å². The monoisotopic (exact) mass is 342 g/mol. The average Bonchev–Trinajstić information content (AvgIpc) is 2.92. The minimum absolute atomic E-state index is 0.794. The standard InChI is InChI=1S/C16H15BrN4/c1-21-11-19-20-16(21)13-5-7-15(8-6-13)18-10-12-3-2-4-14(17)9-12/h2-9,11,18H,10H2,1H3. The van der Waals surface area contributed by atoms with E-state index in [4.69, 9.17) is 0 Å². The van der Waals surface area contributed by atoms with Gasteiger partial charge in [0.1, 0.15) is 6.33 Å². The first-order valence-corrected chi connectivity index (χ1v) is 7.44. The van der Waals surface area contributed by atoms with Gasteiger partial charge < -0.3 is 9.88 Å². The smallest absolute Gasteiger partial charge is 0.163 e. The summed E-state index contributed by atoms with van der Waals surface area (Å²) in [6.07, 6.45) is 1.70. The maximum atomic E-state index is 4.11. The van der Waals surface area contributed by atoms with Crippen molar-refractivity contribution < 1.29 is 0 Å². The highest BCUT2D eigenvalue weighted by Gasteiger charge is 2.04. The lowest BCUT2D eigenvalue weighted by Gasteiger charge is -2.08. The highest BCUT2D eigenvalue weighted by molar-refractivity contribution is 9.10. The number of benzene rings is 2. The number of nitrogens with one attached hydrogen (secondary N) is 1. The molecule has 0 aliphatic heterocycles. The summed E-state index contributed by atoms with van der Waals surface area (Å²) in [5.41, 5.74) is 3.38. The van der Waals surface area contributed by atoms with Gasteiger partial charge in [-0.3, -0.25) is 0 Å². The van der Waals surface area contributed by atoms with Gasteiger partial charge in [0.25, 0.3) is 0 Å². The maximum Gasteiger partial charge on any atom is 0.163 e. The molecule has 0 amide bonds. The molecule has 106 valence electrons. The second-order valence-electron chi connectivity index (χ2n) is 4.83. The third-order valence-corrected chi connectivity index (χ3v) is 3.73. The van der Waals surface area contributed by atoms with Gasteiger partial charge in [-0.2, -0.15) is 0 Å². The molecular weight excluding hydrogens is 328 g/mol. The molecule has 0 saturated heterocycles. The molecule has 21 heavy (non-hydrogen) atoms. The van der Waals surface area contributed by atoms with Crippen LogP contribution in [-0.2, 0) is 13.6 Å². The third-order valence-electron chi connectivity index (χ3n) is 3.24. The van der Waals surface area contributed by atoms with Crippen molar-refractivity contribution in [2.24, 2.45) is 7.05 Å². The highest BCUT2D eigenvalue weighted by atomic mass is 79.9. The molecule has 0 spiro atoms. The first-order valence-electron chi connectivity index (χ1n) is 6.65. The van der Waals surface area contributed by atoms with Gasteiger partial charge in [0.15, 0.2) is 5.82 Å². The van der Waals surface area contributed by atoms with Crippen LogP contribution in [-0.4, -0.2) is 14.8 Å². The van der Waals surface area contributed by atoms with Gasteiger partial charge in [-0.25, -0.2) is 0 Å². The molecule has 0 atom stereocenters. The fourth-order valence-corrected chi connectivity index (χ4v) is 2.58. The summed E-state index contributed by atoms with van der Waals surface area (Å²) in [7, 11) is 1.94. The second-order valence-corrected chi connectivity index (χ2v) is 5.74. The van der Waals surface area contributed by atoms with E-state index in [1.807, 2.05) is 35.9 Å². The van der Waals surface area contributed by atoms with Crippen molar-refractivity contribution in [1.29, 1.82) is 0 Å². The molecule has 3 aromatic rings. The Hall–Kier alpha value is -2.14. The number of aryl methyl sites for hydroxylation is 1. The number of hydrogen-bond donors (Lipinski definition) is 1. The van der Waals surface area contributed by atoms with Gasteiger partial charge in [-0.1, -0.05) is 28.1 Å². The molecule has 1 N–H and O–H groups in total. The number of halogens is 1. The van der Waals surface area contributed by atoms with Crippen LogP contribution in [0.25, 0.3) is 11.4 Å². The van der Waals surface area contributed by atoms with E-state index in [1.165, 1.54) is 5.56 Å². The van der Waals surface area contributed by atoms with Crippen LogP contribution in [0.1, 0.15) is 5.56 Å². The Bertz CT molecular complexity index is 734. The Morgan fingerprint density at radius 2 is 1.95 bits per heavy atom. The van der Waals surface area contributed by atoms with Crippen molar-refractivity contribution in [1.82, 2.24) is 14.8 Å². The molecule has 0 saturated carbocycles. The Labute approximate surface area is 132 Å². The van der Waals surface area contributed by atoms with Crippen molar-refractivity contribution in [2.75, 3.05) is 5.32 Å². The predicted molar refractivity (Wildman–Crippen MR) is 87.9 cm³/mol. The van der Waals surface area contributed by atoms with Crippen LogP contribution in [0.3, 0.4) is 0 Å².